The normalized spacial score (nSPS) is 22.4. The number of carbonyl (C=O) groups is 1. The molecule has 3 atom stereocenters. The second kappa shape index (κ2) is 22.1. The van der Waals surface area contributed by atoms with Gasteiger partial charge in [-0.25, -0.2) is 27.5 Å². The fourth-order valence-corrected chi connectivity index (χ4v) is 13.0. The molecule has 3 aliphatic heterocycles. The maximum Gasteiger partial charge on any atom is 0.268 e. The first-order valence-corrected chi connectivity index (χ1v) is 28.3. The highest BCUT2D eigenvalue weighted by Gasteiger charge is 2.49. The number of H-pyrrole nitrogens is 1. The number of piperidine rings is 2. The number of ether oxygens (including phenoxy) is 3. The quantitative estimate of drug-likeness (QED) is 0.0560. The lowest BCUT2D eigenvalue weighted by molar-refractivity contribution is -0.751. The molecular weight excluding hydrogens is 1000 g/mol. The zero-order valence-electron chi connectivity index (χ0n) is 44.8. The van der Waals surface area contributed by atoms with Gasteiger partial charge in [-0.15, -0.1) is 0 Å². The molecule has 6 aromatic rings. The number of quaternary nitrogens is 1. The van der Waals surface area contributed by atoms with Crippen LogP contribution in [0.2, 0.25) is 0 Å². The van der Waals surface area contributed by atoms with Crippen LogP contribution in [0.1, 0.15) is 105 Å². The van der Waals surface area contributed by atoms with Crippen molar-refractivity contribution in [3.05, 3.63) is 119 Å². The first-order valence-electron chi connectivity index (χ1n) is 26.8. The van der Waals surface area contributed by atoms with Gasteiger partial charge in [0.1, 0.15) is 22.1 Å². The minimum atomic E-state index is -4.59. The molecule has 18 nitrogen and oxygen atoms in total. The number of sulfonamides is 1. The van der Waals surface area contributed by atoms with Gasteiger partial charge in [0.15, 0.2) is 17.3 Å². The number of halogens is 1. The van der Waals surface area contributed by atoms with Gasteiger partial charge in [-0.1, -0.05) is 38.1 Å². The van der Waals surface area contributed by atoms with Crippen LogP contribution < -0.4 is 34.2 Å². The summed E-state index contributed by atoms with van der Waals surface area (Å²) in [5.41, 5.74) is 4.39. The first-order chi connectivity index (χ1) is 36.9. The Bertz CT molecular complexity index is 3200. The number of benzene rings is 2. The van der Waals surface area contributed by atoms with Crippen LogP contribution in [-0.2, 0) is 16.6 Å². The average molecular weight is 1080 g/mol. The molecule has 1 amide bonds. The van der Waals surface area contributed by atoms with Crippen LogP contribution in [-0.4, -0.2) is 128 Å². The minimum Gasteiger partial charge on any atom is -0.629 e. The summed E-state index contributed by atoms with van der Waals surface area (Å²) < 4.78 is 62.5. The average Bonchev–Trinajstić information content (AvgIpc) is 3.82. The Morgan fingerprint density at radius 3 is 2.47 bits per heavy atom. The smallest absolute Gasteiger partial charge is 0.268 e. The van der Waals surface area contributed by atoms with Crippen molar-refractivity contribution in [1.82, 2.24) is 34.5 Å². The monoisotopic (exact) mass is 1070 g/mol. The standard InChI is InChI=1S/C57H71FN10O8S/c1-36(2)41-9-7-8-10-42(41)45-33-66(32-38-15-21-59-51(25-38)74-5)22-16-47(45)68-34-57(35-68)19-23-67(24-20-57)39-11-12-43(49(26-39)76-50-28-44-46(58)31-62-52(44)63-55(50)75-6)54(69)64-77(72,73)40-27-48(65(4)71)53(61-30-40)60-29-37-13-17-56(3,70)18-14-37/h7-12,15,21,25-28,30-31,36-37,45,47,65,70H,13-14,16-20,22-24,29,32-35H2,1-6H3,(H,60,61)(H,62,63)(H,64,69). The molecule has 2 aromatic carbocycles. The van der Waals surface area contributed by atoms with E-state index < -0.39 is 32.4 Å². The third kappa shape index (κ3) is 11.7. The summed E-state index contributed by atoms with van der Waals surface area (Å²) in [6, 6.07) is 21.1. The van der Waals surface area contributed by atoms with E-state index in [9.17, 15) is 27.9 Å². The van der Waals surface area contributed by atoms with Crippen molar-refractivity contribution in [2.75, 3.05) is 77.3 Å². The number of aromatic amines is 1. The number of methoxy groups -OCH3 is 2. The Hall–Kier alpha value is -6.42. The van der Waals surface area contributed by atoms with Gasteiger partial charge in [-0.2, -0.15) is 4.98 Å². The Labute approximate surface area is 450 Å². The van der Waals surface area contributed by atoms with Crippen molar-refractivity contribution in [2.24, 2.45) is 11.3 Å². The van der Waals surface area contributed by atoms with Gasteiger partial charge in [-0.3, -0.25) is 14.6 Å². The van der Waals surface area contributed by atoms with Gasteiger partial charge in [0.2, 0.25) is 5.88 Å². The lowest BCUT2D eigenvalue weighted by atomic mass is 9.69. The van der Waals surface area contributed by atoms with Crippen molar-refractivity contribution in [3.8, 4) is 23.3 Å². The van der Waals surface area contributed by atoms with Crippen LogP contribution in [0.5, 0.6) is 23.3 Å². The van der Waals surface area contributed by atoms with E-state index in [2.05, 4.69) is 88.9 Å². The van der Waals surface area contributed by atoms with E-state index >= 15 is 0 Å². The summed E-state index contributed by atoms with van der Waals surface area (Å²) in [5.74, 6) is 0.280. The number of hydrogen-bond donors (Lipinski definition) is 5. The second-order valence-electron chi connectivity index (χ2n) is 22.3. The van der Waals surface area contributed by atoms with Crippen molar-refractivity contribution >= 4 is 44.2 Å². The molecule has 10 rings (SSSR count). The van der Waals surface area contributed by atoms with E-state index in [1.807, 2.05) is 19.2 Å². The molecule has 4 aromatic heterocycles. The molecule has 0 radical (unpaired) electrons. The molecular formula is C57H71FN10O8S. The second-order valence-corrected chi connectivity index (χ2v) is 24.0. The van der Waals surface area contributed by atoms with Crippen LogP contribution in [0, 0.1) is 22.4 Å². The van der Waals surface area contributed by atoms with Gasteiger partial charge in [0.05, 0.1) is 44.0 Å². The summed E-state index contributed by atoms with van der Waals surface area (Å²) in [4.78, 5) is 37.3. The van der Waals surface area contributed by atoms with Gasteiger partial charge in [-0.05, 0) is 104 Å². The molecule has 1 aliphatic carbocycles. The molecule has 3 unspecified atom stereocenters. The predicted octanol–water partition coefficient (Wildman–Crippen LogP) is 7.50. The molecule has 20 heteroatoms. The Morgan fingerprint density at radius 2 is 1.74 bits per heavy atom. The topological polar surface area (TPSA) is 215 Å². The highest BCUT2D eigenvalue weighted by Crippen LogP contribution is 2.47. The molecule has 77 heavy (non-hydrogen) atoms. The van der Waals surface area contributed by atoms with Crippen molar-refractivity contribution in [1.29, 1.82) is 0 Å². The van der Waals surface area contributed by atoms with Crippen LogP contribution in [0.15, 0.2) is 90.2 Å². The third-order valence-electron chi connectivity index (χ3n) is 16.5. The number of nitrogens with zero attached hydrogens (tertiary/aromatic N) is 6. The first kappa shape index (κ1) is 54.0. The summed E-state index contributed by atoms with van der Waals surface area (Å²) in [6.07, 6.45) is 9.95. The van der Waals surface area contributed by atoms with Gasteiger partial charge >= 0.3 is 0 Å². The Morgan fingerprint density at radius 1 is 0.974 bits per heavy atom. The summed E-state index contributed by atoms with van der Waals surface area (Å²) in [6.45, 7) is 13.1. The number of hydroxylamine groups is 1. The van der Waals surface area contributed by atoms with Crippen molar-refractivity contribution in [3.63, 3.8) is 0 Å². The zero-order chi connectivity index (χ0) is 54.2. The Kier molecular flexibility index (Phi) is 15.5. The van der Waals surface area contributed by atoms with E-state index in [-0.39, 0.29) is 61.7 Å². The molecule has 7 heterocycles. The van der Waals surface area contributed by atoms with Crippen LogP contribution in [0.25, 0.3) is 11.0 Å². The number of fused-ring (bicyclic) bond motifs is 1. The molecule has 410 valence electrons. The number of anilines is 2. The molecule has 0 bridgehead atoms. The maximum absolute atomic E-state index is 14.9. The van der Waals surface area contributed by atoms with Crippen LogP contribution in [0.3, 0.4) is 0 Å². The number of aliphatic hydroxyl groups is 1. The SMILES string of the molecule is COc1cc(CN2CCC(N3CC4(CCN(c5ccc(C(=O)NS(=O)(=O)c6cnc(NCC7CCC(C)(O)CC7)c([NH+](C)[O-])c6)c(Oc6cc7c(F)c[nH]c7nc6OC)c5)CC4)C3)C(c3ccccc3C(C)C)C2)ccn1. The molecule has 5 N–H and O–H groups in total. The van der Waals surface area contributed by atoms with E-state index in [0.29, 0.717) is 43.1 Å². The molecule has 4 aliphatic rings. The minimum absolute atomic E-state index is 0.00541. The number of pyridine rings is 3. The molecule has 4 fully saturated rings. The third-order valence-corrected chi connectivity index (χ3v) is 17.8. The highest BCUT2D eigenvalue weighted by molar-refractivity contribution is 7.90. The van der Waals surface area contributed by atoms with Gasteiger partial charge < -0.3 is 44.8 Å². The maximum atomic E-state index is 14.9. The van der Waals surface area contributed by atoms with Crippen LogP contribution in [0.4, 0.5) is 21.6 Å². The lowest BCUT2D eigenvalue weighted by Crippen LogP contribution is -2.98. The van der Waals surface area contributed by atoms with E-state index in [1.54, 1.807) is 19.2 Å². The number of amides is 1. The van der Waals surface area contributed by atoms with Crippen molar-refractivity contribution < 1.29 is 42.0 Å². The number of rotatable bonds is 17. The predicted molar refractivity (Wildman–Crippen MR) is 292 cm³/mol. The summed E-state index contributed by atoms with van der Waals surface area (Å²) in [5, 5.41) is 26.2. The lowest BCUT2D eigenvalue weighted by Gasteiger charge is -2.59. The Balaban J connectivity index is 0.857. The fraction of sp³-hybridized carbons (Fsp3) is 0.474. The van der Waals surface area contributed by atoms with E-state index in [0.717, 1.165) is 89.8 Å². The summed E-state index contributed by atoms with van der Waals surface area (Å²) >= 11 is 0. The molecule has 1 saturated carbocycles. The number of likely N-dealkylation sites (tertiary alicyclic amines) is 2. The number of hydrogen-bond acceptors (Lipinski definition) is 15. The number of nitrogens with one attached hydrogen (secondary N) is 4. The zero-order valence-corrected chi connectivity index (χ0v) is 45.6. The highest BCUT2D eigenvalue weighted by atomic mass is 32.2. The number of aromatic nitrogens is 4. The van der Waals surface area contributed by atoms with Crippen molar-refractivity contribution in [2.45, 2.75) is 101 Å². The number of carbonyl (C=O) groups excluding carboxylic acids is 1. The summed E-state index contributed by atoms with van der Waals surface area (Å²) in [7, 11) is -0.231. The van der Waals surface area contributed by atoms with Gasteiger partial charge in [0, 0.05) is 107 Å². The molecule has 1 spiro atoms. The van der Waals surface area contributed by atoms with E-state index in [4.69, 9.17) is 14.2 Å². The fourth-order valence-electron chi connectivity index (χ4n) is 12.1. The van der Waals surface area contributed by atoms with Gasteiger partial charge in [0.25, 0.3) is 21.8 Å². The molecule has 3 saturated heterocycles. The largest absolute Gasteiger partial charge is 0.629 e. The van der Waals surface area contributed by atoms with Crippen LogP contribution >= 0.6 is 0 Å². The van der Waals surface area contributed by atoms with E-state index in [1.165, 1.54) is 55.2 Å².